The Morgan fingerprint density at radius 3 is 2.50 bits per heavy atom. The number of methoxy groups -OCH3 is 1. The molecular weight excluding hydrogens is 204 g/mol. The molecule has 0 saturated heterocycles. The van der Waals surface area contributed by atoms with E-state index < -0.39 is 5.41 Å². The zero-order valence-electron chi connectivity index (χ0n) is 8.24. The van der Waals surface area contributed by atoms with Crippen LogP contribution < -0.4 is 0 Å². The van der Waals surface area contributed by atoms with Crippen LogP contribution in [0.2, 0.25) is 5.15 Å². The Hall–Kier alpha value is -1.16. The first-order chi connectivity index (χ1) is 6.48. The van der Waals surface area contributed by atoms with Gasteiger partial charge in [-0.3, -0.25) is 4.79 Å². The van der Waals surface area contributed by atoms with E-state index in [1.165, 1.54) is 7.11 Å². The molecule has 0 bridgehead atoms. The lowest BCUT2D eigenvalue weighted by atomic mass is 9.89. The summed E-state index contributed by atoms with van der Waals surface area (Å²) in [5.41, 5.74) is -0.263. The summed E-state index contributed by atoms with van der Waals surface area (Å²) in [5, 5.41) is 7.81. The molecule has 1 rings (SSSR count). The quantitative estimate of drug-likeness (QED) is 0.702. The highest BCUT2D eigenvalue weighted by Gasteiger charge is 2.32. The lowest BCUT2D eigenvalue weighted by Crippen LogP contribution is -2.31. The number of ether oxygens (including phenoxy) is 1. The maximum Gasteiger partial charge on any atom is 0.317 e. The van der Waals surface area contributed by atoms with Crippen molar-refractivity contribution in [2.45, 2.75) is 19.3 Å². The number of carbonyl (C=O) groups is 1. The molecule has 0 spiro atoms. The van der Waals surface area contributed by atoms with E-state index >= 15 is 0 Å². The number of hydrogen-bond acceptors (Lipinski definition) is 4. The Bertz CT molecular complexity index is 335. The normalized spacial score (nSPS) is 11.1. The Labute approximate surface area is 87.2 Å². The first kappa shape index (κ1) is 10.9. The monoisotopic (exact) mass is 214 g/mol. The summed E-state index contributed by atoms with van der Waals surface area (Å²) in [6, 6.07) is 3.25. The van der Waals surface area contributed by atoms with Crippen LogP contribution in [-0.4, -0.2) is 23.3 Å². The molecule has 0 fully saturated rings. The van der Waals surface area contributed by atoms with Crippen molar-refractivity contribution in [1.29, 1.82) is 0 Å². The van der Waals surface area contributed by atoms with Gasteiger partial charge in [-0.2, -0.15) is 5.10 Å². The molecule has 0 unspecified atom stereocenters. The van der Waals surface area contributed by atoms with Crippen LogP contribution in [0, 0.1) is 0 Å². The van der Waals surface area contributed by atoms with Crippen molar-refractivity contribution >= 4 is 17.6 Å². The minimum Gasteiger partial charge on any atom is -0.468 e. The van der Waals surface area contributed by atoms with E-state index in [9.17, 15) is 4.79 Å². The maximum absolute atomic E-state index is 11.4. The summed E-state index contributed by atoms with van der Waals surface area (Å²) in [7, 11) is 1.34. The van der Waals surface area contributed by atoms with Gasteiger partial charge in [-0.05, 0) is 26.0 Å². The predicted octanol–water partition coefficient (Wildman–Crippen LogP) is 1.58. The average molecular weight is 215 g/mol. The minimum absolute atomic E-state index is 0.300. The van der Waals surface area contributed by atoms with Crippen LogP contribution in [-0.2, 0) is 14.9 Å². The summed E-state index contributed by atoms with van der Waals surface area (Å²) in [6.07, 6.45) is 0. The van der Waals surface area contributed by atoms with Gasteiger partial charge in [0.05, 0.1) is 12.8 Å². The smallest absolute Gasteiger partial charge is 0.317 e. The fourth-order valence-electron chi connectivity index (χ4n) is 1.01. The third-order valence-electron chi connectivity index (χ3n) is 1.97. The van der Waals surface area contributed by atoms with Gasteiger partial charge in [0, 0.05) is 0 Å². The first-order valence-electron chi connectivity index (χ1n) is 4.06. The van der Waals surface area contributed by atoms with E-state index in [-0.39, 0.29) is 5.97 Å². The number of carbonyl (C=O) groups excluding carboxylic acids is 1. The van der Waals surface area contributed by atoms with Gasteiger partial charge < -0.3 is 4.74 Å². The van der Waals surface area contributed by atoms with Gasteiger partial charge in [-0.25, -0.2) is 0 Å². The van der Waals surface area contributed by atoms with Crippen LogP contribution in [0.15, 0.2) is 12.1 Å². The summed E-state index contributed by atoms with van der Waals surface area (Å²) in [5.74, 6) is -0.353. The largest absolute Gasteiger partial charge is 0.468 e. The number of aromatic nitrogens is 2. The highest BCUT2D eigenvalue weighted by molar-refractivity contribution is 6.29. The number of rotatable bonds is 2. The van der Waals surface area contributed by atoms with Crippen LogP contribution in [0.1, 0.15) is 19.5 Å². The van der Waals surface area contributed by atoms with Crippen molar-refractivity contribution in [2.75, 3.05) is 7.11 Å². The van der Waals surface area contributed by atoms with Gasteiger partial charge in [0.2, 0.25) is 0 Å². The van der Waals surface area contributed by atoms with Crippen molar-refractivity contribution in [3.05, 3.63) is 23.0 Å². The lowest BCUT2D eigenvalue weighted by molar-refractivity contribution is -0.146. The highest BCUT2D eigenvalue weighted by atomic mass is 35.5. The van der Waals surface area contributed by atoms with Crippen molar-refractivity contribution in [1.82, 2.24) is 10.2 Å². The molecule has 1 heterocycles. The van der Waals surface area contributed by atoms with Crippen LogP contribution in [0.5, 0.6) is 0 Å². The highest BCUT2D eigenvalue weighted by Crippen LogP contribution is 2.22. The maximum atomic E-state index is 11.4. The molecule has 0 aliphatic rings. The third kappa shape index (κ3) is 2.01. The second-order valence-corrected chi connectivity index (χ2v) is 3.75. The molecule has 0 aliphatic heterocycles. The van der Waals surface area contributed by atoms with Gasteiger partial charge >= 0.3 is 5.97 Å². The zero-order chi connectivity index (χ0) is 10.8. The van der Waals surface area contributed by atoms with Gasteiger partial charge in [0.1, 0.15) is 5.41 Å². The van der Waals surface area contributed by atoms with Crippen LogP contribution in [0.4, 0.5) is 0 Å². The molecule has 0 amide bonds. The van der Waals surface area contributed by atoms with Gasteiger partial charge in [-0.15, -0.1) is 5.10 Å². The summed E-state index contributed by atoms with van der Waals surface area (Å²) in [4.78, 5) is 11.4. The third-order valence-corrected chi connectivity index (χ3v) is 2.17. The average Bonchev–Trinajstić information content (AvgIpc) is 2.17. The Morgan fingerprint density at radius 1 is 1.43 bits per heavy atom. The van der Waals surface area contributed by atoms with Gasteiger partial charge in [0.15, 0.2) is 5.15 Å². The first-order valence-corrected chi connectivity index (χ1v) is 4.44. The second-order valence-electron chi connectivity index (χ2n) is 3.36. The molecule has 1 aromatic rings. The fraction of sp³-hybridized carbons (Fsp3) is 0.444. The van der Waals surface area contributed by atoms with E-state index in [0.29, 0.717) is 10.8 Å². The fourth-order valence-corrected chi connectivity index (χ4v) is 1.11. The summed E-state index contributed by atoms with van der Waals surface area (Å²) in [6.45, 7) is 3.44. The number of nitrogens with zero attached hydrogens (tertiary/aromatic N) is 2. The van der Waals surface area contributed by atoms with Crippen molar-refractivity contribution in [2.24, 2.45) is 0 Å². The van der Waals surface area contributed by atoms with Crippen molar-refractivity contribution in [3.8, 4) is 0 Å². The molecule has 1 aromatic heterocycles. The Morgan fingerprint density at radius 2 is 2.07 bits per heavy atom. The van der Waals surface area contributed by atoms with E-state index in [2.05, 4.69) is 14.9 Å². The molecule has 14 heavy (non-hydrogen) atoms. The van der Waals surface area contributed by atoms with E-state index in [0.717, 1.165) is 0 Å². The summed E-state index contributed by atoms with van der Waals surface area (Å²) >= 11 is 5.59. The SMILES string of the molecule is COC(=O)C(C)(C)c1ccc(Cl)nn1. The van der Waals surface area contributed by atoms with Crippen molar-refractivity contribution < 1.29 is 9.53 Å². The number of hydrogen-bond donors (Lipinski definition) is 0. The summed E-state index contributed by atoms with van der Waals surface area (Å²) < 4.78 is 4.66. The van der Waals surface area contributed by atoms with Crippen LogP contribution in [0.25, 0.3) is 0 Å². The number of halogens is 1. The van der Waals surface area contributed by atoms with Crippen molar-refractivity contribution in [3.63, 3.8) is 0 Å². The Kier molecular flexibility index (Phi) is 3.06. The molecule has 76 valence electrons. The van der Waals surface area contributed by atoms with Gasteiger partial charge in [0.25, 0.3) is 0 Å². The van der Waals surface area contributed by atoms with Crippen LogP contribution >= 0.6 is 11.6 Å². The molecule has 0 aliphatic carbocycles. The van der Waals surface area contributed by atoms with Gasteiger partial charge in [-0.1, -0.05) is 11.6 Å². The second kappa shape index (κ2) is 3.92. The predicted molar refractivity (Wildman–Crippen MR) is 52.1 cm³/mol. The molecule has 0 N–H and O–H groups in total. The zero-order valence-corrected chi connectivity index (χ0v) is 9.00. The standard InChI is InChI=1S/C9H11ClN2O2/c1-9(2,8(13)14-3)6-4-5-7(10)12-11-6/h4-5H,1-3H3. The minimum atomic E-state index is -0.799. The topological polar surface area (TPSA) is 52.1 Å². The van der Waals surface area contributed by atoms with E-state index in [1.807, 2.05) is 0 Å². The molecule has 0 saturated carbocycles. The molecule has 0 atom stereocenters. The molecule has 5 heteroatoms. The Balaban J connectivity index is 3.03. The van der Waals surface area contributed by atoms with Crippen LogP contribution in [0.3, 0.4) is 0 Å². The lowest BCUT2D eigenvalue weighted by Gasteiger charge is -2.19. The molecule has 4 nitrogen and oxygen atoms in total. The number of esters is 1. The van der Waals surface area contributed by atoms with E-state index in [4.69, 9.17) is 11.6 Å². The molecule has 0 aromatic carbocycles. The van der Waals surface area contributed by atoms with E-state index in [1.54, 1.807) is 26.0 Å². The molecular formula is C9H11ClN2O2. The molecule has 0 radical (unpaired) electrons.